The van der Waals surface area contributed by atoms with Crippen molar-refractivity contribution in [3.63, 3.8) is 0 Å². The SMILES string of the molecule is Cc1ccc(C(C)(C)C)cc1S(=O)(=O)N1CCC(C(=O)N2CCN(C(c3ccc(Cl)cc3)c3ccc(Cl)cc3)CC2)CC1. The van der Waals surface area contributed by atoms with Gasteiger partial charge in [0, 0.05) is 55.2 Å². The van der Waals surface area contributed by atoms with Crippen molar-refractivity contribution in [2.24, 2.45) is 5.92 Å². The minimum Gasteiger partial charge on any atom is -0.340 e. The van der Waals surface area contributed by atoms with E-state index in [4.69, 9.17) is 23.2 Å². The number of carbonyl (C=O) groups is 1. The number of piperidine rings is 1. The number of piperazine rings is 1. The third-order valence-corrected chi connectivity index (χ3v) is 11.4. The molecule has 0 spiro atoms. The van der Waals surface area contributed by atoms with E-state index in [1.807, 2.05) is 54.3 Å². The number of hydrogen-bond donors (Lipinski definition) is 0. The van der Waals surface area contributed by atoms with Gasteiger partial charge in [-0.1, -0.05) is 80.4 Å². The number of amides is 1. The lowest BCUT2D eigenvalue weighted by atomic mass is 9.87. The average molecular weight is 643 g/mol. The molecule has 0 bridgehead atoms. The zero-order valence-corrected chi connectivity index (χ0v) is 27.7. The molecule has 43 heavy (non-hydrogen) atoms. The molecule has 1 amide bonds. The quantitative estimate of drug-likeness (QED) is 0.293. The van der Waals surface area contributed by atoms with Crippen LogP contribution in [0.3, 0.4) is 0 Å². The van der Waals surface area contributed by atoms with E-state index in [2.05, 4.69) is 49.9 Å². The minimum atomic E-state index is -3.64. The predicted molar refractivity (Wildman–Crippen MR) is 174 cm³/mol. The average Bonchev–Trinajstić information content (AvgIpc) is 2.99. The monoisotopic (exact) mass is 641 g/mol. The zero-order chi connectivity index (χ0) is 30.9. The van der Waals surface area contributed by atoms with Crippen molar-refractivity contribution >= 4 is 39.1 Å². The van der Waals surface area contributed by atoms with Gasteiger partial charge < -0.3 is 4.90 Å². The van der Waals surface area contributed by atoms with Crippen LogP contribution in [-0.2, 0) is 20.2 Å². The fourth-order valence-electron chi connectivity index (χ4n) is 6.19. The largest absolute Gasteiger partial charge is 0.340 e. The molecule has 0 radical (unpaired) electrons. The van der Waals surface area contributed by atoms with E-state index in [9.17, 15) is 13.2 Å². The fourth-order valence-corrected chi connectivity index (χ4v) is 8.16. The van der Waals surface area contributed by atoms with E-state index < -0.39 is 10.0 Å². The molecule has 2 aliphatic heterocycles. The molecule has 230 valence electrons. The van der Waals surface area contributed by atoms with Gasteiger partial charge in [0.05, 0.1) is 10.9 Å². The van der Waals surface area contributed by atoms with Crippen molar-refractivity contribution in [3.05, 3.63) is 99.0 Å². The lowest BCUT2D eigenvalue weighted by molar-refractivity contribution is -0.138. The highest BCUT2D eigenvalue weighted by molar-refractivity contribution is 7.89. The van der Waals surface area contributed by atoms with Gasteiger partial charge in [-0.25, -0.2) is 8.42 Å². The predicted octanol–water partition coefficient (Wildman–Crippen LogP) is 6.93. The van der Waals surface area contributed by atoms with Crippen molar-refractivity contribution in [2.45, 2.75) is 56.9 Å². The van der Waals surface area contributed by atoms with E-state index >= 15 is 0 Å². The molecule has 2 heterocycles. The molecule has 9 heteroatoms. The fraction of sp³-hybridized carbons (Fsp3) is 0.441. The first-order valence-corrected chi connectivity index (χ1v) is 17.2. The molecular weight excluding hydrogens is 601 g/mol. The second kappa shape index (κ2) is 12.9. The molecule has 5 rings (SSSR count). The van der Waals surface area contributed by atoms with Crippen LogP contribution in [0.25, 0.3) is 0 Å². The summed E-state index contributed by atoms with van der Waals surface area (Å²) in [6.07, 6.45) is 1.07. The number of sulfonamides is 1. The number of rotatable bonds is 6. The lowest BCUT2D eigenvalue weighted by Crippen LogP contribution is -2.52. The van der Waals surface area contributed by atoms with Crippen LogP contribution in [0.5, 0.6) is 0 Å². The van der Waals surface area contributed by atoms with E-state index in [1.54, 1.807) is 4.31 Å². The first-order chi connectivity index (χ1) is 20.3. The van der Waals surface area contributed by atoms with E-state index in [0.29, 0.717) is 54.0 Å². The molecule has 2 saturated heterocycles. The molecular formula is C34H41Cl2N3O3S. The number of hydrogen-bond acceptors (Lipinski definition) is 4. The van der Waals surface area contributed by atoms with Gasteiger partial charge in [0.1, 0.15) is 0 Å². The second-order valence-electron chi connectivity index (χ2n) is 12.8. The van der Waals surface area contributed by atoms with Gasteiger partial charge in [-0.15, -0.1) is 0 Å². The number of aryl methyl sites for hydroxylation is 1. The summed E-state index contributed by atoms with van der Waals surface area (Å²) in [5.74, 6) is -0.0273. The van der Waals surface area contributed by atoms with E-state index in [1.165, 1.54) is 0 Å². The molecule has 3 aromatic rings. The maximum atomic E-state index is 13.6. The third-order valence-electron chi connectivity index (χ3n) is 8.84. The van der Waals surface area contributed by atoms with Crippen LogP contribution >= 0.6 is 23.2 Å². The lowest BCUT2D eigenvalue weighted by Gasteiger charge is -2.41. The van der Waals surface area contributed by atoms with Gasteiger partial charge in [0.15, 0.2) is 0 Å². The van der Waals surface area contributed by atoms with Gasteiger partial charge in [-0.2, -0.15) is 4.31 Å². The molecule has 0 aliphatic carbocycles. The van der Waals surface area contributed by atoms with Crippen LogP contribution < -0.4 is 0 Å². The molecule has 2 aliphatic rings. The third kappa shape index (κ3) is 7.12. The standard InChI is InChI=1S/C34H41Cl2N3O3S/c1-24-5-10-28(34(2,3)4)23-31(24)43(41,42)39-17-15-27(16-18-39)33(40)38-21-19-37(20-22-38)32(25-6-11-29(35)12-7-25)26-8-13-30(36)14-9-26/h5-14,23,27,32H,15-22H2,1-4H3. The zero-order valence-electron chi connectivity index (χ0n) is 25.4. The minimum absolute atomic E-state index is 0.0282. The van der Waals surface area contributed by atoms with Crippen molar-refractivity contribution in [2.75, 3.05) is 39.3 Å². The summed E-state index contributed by atoms with van der Waals surface area (Å²) >= 11 is 12.4. The van der Waals surface area contributed by atoms with Crippen LogP contribution in [0.15, 0.2) is 71.6 Å². The van der Waals surface area contributed by atoms with Crippen LogP contribution in [0.4, 0.5) is 0 Å². The molecule has 6 nitrogen and oxygen atoms in total. The van der Waals surface area contributed by atoms with Crippen LogP contribution in [0, 0.1) is 12.8 Å². The van der Waals surface area contributed by atoms with E-state index in [-0.39, 0.29) is 23.3 Å². The Morgan fingerprint density at radius 2 is 1.30 bits per heavy atom. The second-order valence-corrected chi connectivity index (χ2v) is 15.6. The Kier molecular flexibility index (Phi) is 9.60. The molecule has 0 atom stereocenters. The van der Waals surface area contributed by atoms with E-state index in [0.717, 1.165) is 35.3 Å². The Morgan fingerprint density at radius 1 is 0.791 bits per heavy atom. The molecule has 0 aromatic heterocycles. The molecule has 0 saturated carbocycles. The molecule has 3 aromatic carbocycles. The number of carbonyl (C=O) groups excluding carboxylic acids is 1. The van der Waals surface area contributed by atoms with Crippen LogP contribution in [0.2, 0.25) is 10.0 Å². The molecule has 0 unspecified atom stereocenters. The van der Waals surface area contributed by atoms with Gasteiger partial charge >= 0.3 is 0 Å². The highest BCUT2D eigenvalue weighted by Gasteiger charge is 2.36. The smallest absolute Gasteiger partial charge is 0.243 e. The summed E-state index contributed by atoms with van der Waals surface area (Å²) in [4.78, 5) is 18.3. The summed E-state index contributed by atoms with van der Waals surface area (Å²) in [7, 11) is -3.64. The van der Waals surface area contributed by atoms with Crippen molar-refractivity contribution in [1.29, 1.82) is 0 Å². The van der Waals surface area contributed by atoms with Crippen molar-refractivity contribution < 1.29 is 13.2 Å². The normalized spacial score (nSPS) is 17.9. The highest BCUT2D eigenvalue weighted by Crippen LogP contribution is 2.33. The summed E-state index contributed by atoms with van der Waals surface area (Å²) in [6.45, 7) is 11.5. The first kappa shape index (κ1) is 32.0. The Balaban J connectivity index is 1.22. The molecule has 0 N–H and O–H groups in total. The van der Waals surface area contributed by atoms with Crippen LogP contribution in [0.1, 0.15) is 61.9 Å². The van der Waals surface area contributed by atoms with Gasteiger partial charge in [0.2, 0.25) is 15.9 Å². The van der Waals surface area contributed by atoms with Crippen LogP contribution in [-0.4, -0.2) is 67.7 Å². The molecule has 2 fully saturated rings. The van der Waals surface area contributed by atoms with Gasteiger partial charge in [-0.3, -0.25) is 9.69 Å². The Labute approximate surface area is 266 Å². The first-order valence-electron chi connectivity index (χ1n) is 15.0. The van der Waals surface area contributed by atoms with Gasteiger partial charge in [0.25, 0.3) is 0 Å². The Hall–Kier alpha value is -2.42. The topological polar surface area (TPSA) is 60.9 Å². The highest BCUT2D eigenvalue weighted by atomic mass is 35.5. The summed E-state index contributed by atoms with van der Waals surface area (Å²) < 4.78 is 28.9. The van der Waals surface area contributed by atoms with Crippen molar-refractivity contribution in [3.8, 4) is 0 Å². The number of nitrogens with zero attached hydrogens (tertiary/aromatic N) is 3. The summed E-state index contributed by atoms with van der Waals surface area (Å²) in [6, 6.07) is 21.6. The Morgan fingerprint density at radius 3 is 1.79 bits per heavy atom. The van der Waals surface area contributed by atoms with Gasteiger partial charge in [-0.05, 0) is 77.8 Å². The maximum Gasteiger partial charge on any atom is 0.243 e. The van der Waals surface area contributed by atoms with Crippen molar-refractivity contribution in [1.82, 2.24) is 14.1 Å². The summed E-state index contributed by atoms with van der Waals surface area (Å²) in [5, 5.41) is 1.39. The summed E-state index contributed by atoms with van der Waals surface area (Å²) in [5.41, 5.74) is 3.88. The Bertz CT molecular complexity index is 1490. The maximum absolute atomic E-state index is 13.6. The number of benzene rings is 3. The number of halogens is 2.